The molecule has 2 fully saturated rings. The Morgan fingerprint density at radius 2 is 0.761 bits per heavy atom. The maximum atomic E-state index is 9.24. The Hall–Kier alpha value is -1.16. The van der Waals surface area contributed by atoms with Crippen molar-refractivity contribution in [3.8, 4) is 0 Å². The lowest BCUT2D eigenvalue weighted by atomic mass is 9.91. The Labute approximate surface area is 388 Å². The summed E-state index contributed by atoms with van der Waals surface area (Å²) in [7, 11) is 0. The van der Waals surface area contributed by atoms with Gasteiger partial charge in [0.15, 0.2) is 6.29 Å². The minimum Gasteiger partial charge on any atom is -0.396 e. The fraction of sp³-hybridized carbons (Fsp3) is 1.00. The molecule has 0 bridgehead atoms. The van der Waals surface area contributed by atoms with Crippen molar-refractivity contribution < 1.29 is 148 Å². The van der Waals surface area contributed by atoms with E-state index < -0.39 is 150 Å². The van der Waals surface area contributed by atoms with Gasteiger partial charge in [0, 0.05) is 12.5 Å². The normalized spacial score (nSPS) is 23.0. The lowest BCUT2D eigenvalue weighted by molar-refractivity contribution is -0.163. The van der Waals surface area contributed by atoms with Gasteiger partial charge in [-0.15, -0.1) is 0 Å². The summed E-state index contributed by atoms with van der Waals surface area (Å²) in [5.74, 6) is -0.366. The van der Waals surface area contributed by atoms with Crippen molar-refractivity contribution in [3.63, 3.8) is 0 Å². The highest BCUT2D eigenvalue weighted by atomic mass is 16.5. The molecule has 0 radical (unpaired) electrons. The highest BCUT2D eigenvalue weighted by Crippen LogP contribution is 2.28. The molecule has 2 aliphatic rings. The Morgan fingerprint density at radius 1 is 0.418 bits per heavy atom. The zero-order valence-corrected chi connectivity index (χ0v) is 37.6. The summed E-state index contributed by atoms with van der Waals surface area (Å²) in [5, 5.41) is 240. The lowest BCUT2D eigenvalue weighted by Gasteiger charge is -2.31. The summed E-state index contributed by atoms with van der Waals surface area (Å²) in [5.41, 5.74) is -2.32. The van der Waals surface area contributed by atoms with E-state index in [9.17, 15) is 5.11 Å². The first-order valence-corrected chi connectivity index (χ1v) is 21.0. The van der Waals surface area contributed by atoms with Crippen LogP contribution in [-0.2, 0) is 4.74 Å². The molecule has 0 amide bonds. The number of ether oxygens (including phenoxy) is 1. The van der Waals surface area contributed by atoms with Crippen LogP contribution in [0.4, 0.5) is 0 Å². The summed E-state index contributed by atoms with van der Waals surface area (Å²) in [6.07, 6.45) is -10.8. The zero-order chi connectivity index (χ0) is 53.3. The van der Waals surface area contributed by atoms with Gasteiger partial charge in [0.05, 0.1) is 153 Å². The van der Waals surface area contributed by atoms with Crippen LogP contribution in [0.15, 0.2) is 0 Å². The quantitative estimate of drug-likeness (QED) is 0.0423. The van der Waals surface area contributed by atoms with Crippen molar-refractivity contribution in [2.45, 2.75) is 118 Å². The van der Waals surface area contributed by atoms with Crippen molar-refractivity contribution in [1.29, 1.82) is 0 Å². The summed E-state index contributed by atoms with van der Waals surface area (Å²) in [6, 6.07) is 0. The number of hydrogen-bond acceptors (Lipinski definition) is 29. The van der Waals surface area contributed by atoms with Crippen LogP contribution in [0, 0.1) is 16.7 Å². The summed E-state index contributed by atoms with van der Waals surface area (Å²) in [6.45, 7) is -6.17. The molecule has 2 aliphatic carbocycles. The van der Waals surface area contributed by atoms with Crippen LogP contribution < -0.4 is 0 Å². The maximum Gasteiger partial charge on any atom is 0.180 e. The summed E-state index contributed by atoms with van der Waals surface area (Å²) in [4.78, 5) is 0. The molecule has 29 nitrogen and oxygen atoms in total. The predicted molar refractivity (Wildman–Crippen MR) is 226 cm³/mol. The first-order valence-electron chi connectivity index (χ1n) is 21.0. The fourth-order valence-corrected chi connectivity index (χ4v) is 4.68. The van der Waals surface area contributed by atoms with Gasteiger partial charge in [0.2, 0.25) is 0 Å². The van der Waals surface area contributed by atoms with E-state index in [0.717, 1.165) is 0 Å². The van der Waals surface area contributed by atoms with E-state index in [1.165, 1.54) is 0 Å². The van der Waals surface area contributed by atoms with Gasteiger partial charge in [-0.3, -0.25) is 0 Å². The van der Waals surface area contributed by atoms with Crippen molar-refractivity contribution in [2.24, 2.45) is 16.7 Å². The van der Waals surface area contributed by atoms with Crippen LogP contribution in [0.25, 0.3) is 0 Å². The monoisotopic (exact) mass is 1010 g/mol. The topological polar surface area (TPSA) is 576 Å². The van der Waals surface area contributed by atoms with E-state index in [1.807, 2.05) is 0 Å². The van der Waals surface area contributed by atoms with Gasteiger partial charge in [0.25, 0.3) is 0 Å². The predicted octanol–water partition coefficient (Wildman–Crippen LogP) is -13.6. The summed E-state index contributed by atoms with van der Waals surface area (Å²) < 4.78 is 5.15. The molecular weight excluding hydrogens is 920 g/mol. The second-order valence-corrected chi connectivity index (χ2v) is 15.7. The average molecular weight is 1010 g/mol. The Bertz CT molecular complexity index is 944. The highest BCUT2D eigenvalue weighted by molar-refractivity contribution is 4.88. The molecule has 29 heteroatoms. The summed E-state index contributed by atoms with van der Waals surface area (Å²) >= 11 is 0. The lowest BCUT2D eigenvalue weighted by Crippen LogP contribution is -2.43. The van der Waals surface area contributed by atoms with E-state index in [-0.39, 0.29) is 58.6 Å². The number of rotatable bonds is 23. The van der Waals surface area contributed by atoms with Crippen LogP contribution in [0.2, 0.25) is 0 Å². The van der Waals surface area contributed by atoms with Crippen molar-refractivity contribution in [1.82, 2.24) is 0 Å². The van der Waals surface area contributed by atoms with Crippen molar-refractivity contribution >= 4 is 0 Å². The number of aliphatic hydroxyl groups excluding tert-OH is 27. The molecule has 0 saturated heterocycles. The van der Waals surface area contributed by atoms with Crippen LogP contribution in [0.1, 0.15) is 38.5 Å². The Balaban J connectivity index is -0.000000229. The van der Waals surface area contributed by atoms with Gasteiger partial charge >= 0.3 is 0 Å². The van der Waals surface area contributed by atoms with Gasteiger partial charge in [-0.2, -0.15) is 0 Å². The van der Waals surface area contributed by atoms with E-state index in [1.54, 1.807) is 0 Å². The molecule has 0 spiro atoms. The second kappa shape index (κ2) is 45.9. The molecule has 0 aromatic carbocycles. The average Bonchev–Trinajstić information content (AvgIpc) is 3.67. The molecule has 0 aliphatic heterocycles. The van der Waals surface area contributed by atoms with Crippen molar-refractivity contribution in [3.05, 3.63) is 0 Å². The SMILES string of the molecule is OC1CC(O)CC(O)C1.OCC(CO)(CO)COCC(CO)(CO)CO.OCC(O)C(O)C(O)O.OCC(O)C(O)CO.OCC(O)C1CCC(O)C1O.OCC(O)CO.OCCC(O)CO. The minimum atomic E-state index is -2.01. The van der Waals surface area contributed by atoms with Crippen LogP contribution in [0.5, 0.6) is 0 Å². The molecule has 28 N–H and O–H groups in total. The molecule has 9 atom stereocenters. The van der Waals surface area contributed by atoms with E-state index in [4.69, 9.17) is 143 Å². The molecule has 0 aromatic rings. The largest absolute Gasteiger partial charge is 0.396 e. The molecular formula is C38H86O29. The molecule has 0 aromatic heterocycles. The van der Waals surface area contributed by atoms with Gasteiger partial charge in [-0.25, -0.2) is 0 Å². The second-order valence-electron chi connectivity index (χ2n) is 15.7. The number of aliphatic hydroxyl groups is 28. The van der Waals surface area contributed by atoms with Gasteiger partial charge in [-0.1, -0.05) is 0 Å². The van der Waals surface area contributed by atoms with E-state index >= 15 is 0 Å². The number of hydrogen-bond donors (Lipinski definition) is 28. The Morgan fingerprint density at radius 3 is 0.940 bits per heavy atom. The first-order chi connectivity index (χ1) is 31.3. The van der Waals surface area contributed by atoms with Crippen molar-refractivity contribution in [2.75, 3.05) is 106 Å². The van der Waals surface area contributed by atoms with Gasteiger partial charge in [0.1, 0.15) is 30.5 Å². The standard InChI is InChI=1S/C10H22O7.C7H14O4.C6H12O3.C4H10O5.C4H10O4.C4H10O3.C3H8O3/c11-1-9(2-12,3-13)7-17-8-10(4-14,5-15)6-16;8-3-6(10)4-1-2-5(9)7(4)11;7-4-1-5(8)3-6(9)2-4;5-1-2(6)3(7)4(8)9;5-1-3(7)4(8)2-6;5-2-1-4(7)3-6;4-1-3(6)2-5/h11-16H,1-8H2;4-11H,1-3H2;4-9H,1-3H2;2-9H,1H2;3-8H,1-2H2;4-7H,1-3H2;3-6H,1-2H2. The van der Waals surface area contributed by atoms with E-state index in [2.05, 4.69) is 0 Å². The van der Waals surface area contributed by atoms with Crippen LogP contribution in [0.3, 0.4) is 0 Å². The first kappa shape index (κ1) is 74.8. The van der Waals surface area contributed by atoms with Gasteiger partial charge < -0.3 is 148 Å². The van der Waals surface area contributed by atoms with Crippen LogP contribution in [-0.4, -0.2) is 328 Å². The smallest absolute Gasteiger partial charge is 0.180 e. The fourth-order valence-electron chi connectivity index (χ4n) is 4.68. The molecule has 2 saturated carbocycles. The molecule has 0 heterocycles. The molecule has 9 unspecified atom stereocenters. The highest BCUT2D eigenvalue weighted by Gasteiger charge is 2.37. The van der Waals surface area contributed by atoms with Crippen LogP contribution >= 0.6 is 0 Å². The van der Waals surface area contributed by atoms with E-state index in [0.29, 0.717) is 32.1 Å². The minimum absolute atomic E-state index is 0.0677. The molecule has 67 heavy (non-hydrogen) atoms. The third-order valence-corrected chi connectivity index (χ3v) is 9.57. The third-order valence-electron chi connectivity index (χ3n) is 9.57. The Kier molecular flexibility index (Phi) is 51.3. The maximum absolute atomic E-state index is 9.24. The third kappa shape index (κ3) is 37.3. The van der Waals surface area contributed by atoms with Gasteiger partial charge in [-0.05, 0) is 38.5 Å². The zero-order valence-electron chi connectivity index (χ0n) is 37.6. The molecule has 2 rings (SSSR count). The molecule has 412 valence electrons.